The van der Waals surface area contributed by atoms with Crippen molar-refractivity contribution in [1.82, 2.24) is 10.6 Å². The van der Waals surface area contributed by atoms with E-state index >= 15 is 0 Å². The van der Waals surface area contributed by atoms with Crippen molar-refractivity contribution in [3.05, 3.63) is 0 Å². The molecule has 2 amide bonds. The normalized spacial score (nSPS) is 13.9. The lowest BCUT2D eigenvalue weighted by Gasteiger charge is -2.16. The SMILES string of the molecule is CC(C)NC(=O)C(C)NC(=O)C(C)C#N. The van der Waals surface area contributed by atoms with Crippen molar-refractivity contribution >= 4 is 11.8 Å². The molecule has 0 rings (SSSR count). The number of nitriles is 1. The second kappa shape index (κ2) is 6.02. The van der Waals surface area contributed by atoms with Crippen LogP contribution in [0.1, 0.15) is 27.7 Å². The number of carbonyl (C=O) groups is 2. The standard InChI is InChI=1S/C10H17N3O2/c1-6(2)12-10(15)8(4)13-9(14)7(3)5-11/h6-8H,1-4H3,(H,12,15)(H,13,14). The van der Waals surface area contributed by atoms with Crippen molar-refractivity contribution in [2.75, 3.05) is 0 Å². The number of nitrogens with zero attached hydrogens (tertiary/aromatic N) is 1. The largest absolute Gasteiger partial charge is 0.352 e. The van der Waals surface area contributed by atoms with Gasteiger partial charge in [-0.3, -0.25) is 9.59 Å². The van der Waals surface area contributed by atoms with Gasteiger partial charge in [-0.15, -0.1) is 0 Å². The molecule has 0 radical (unpaired) electrons. The lowest BCUT2D eigenvalue weighted by atomic mass is 10.2. The van der Waals surface area contributed by atoms with Crippen LogP contribution in [0.15, 0.2) is 0 Å². The smallest absolute Gasteiger partial charge is 0.242 e. The Morgan fingerprint density at radius 1 is 1.07 bits per heavy atom. The van der Waals surface area contributed by atoms with Gasteiger partial charge < -0.3 is 10.6 Å². The molecular weight excluding hydrogens is 194 g/mol. The minimum absolute atomic E-state index is 0.0326. The highest BCUT2D eigenvalue weighted by Crippen LogP contribution is 1.93. The van der Waals surface area contributed by atoms with E-state index < -0.39 is 17.9 Å². The van der Waals surface area contributed by atoms with Crippen molar-refractivity contribution in [3.8, 4) is 6.07 Å². The van der Waals surface area contributed by atoms with E-state index in [1.54, 1.807) is 13.0 Å². The fourth-order valence-corrected chi connectivity index (χ4v) is 0.872. The van der Waals surface area contributed by atoms with E-state index in [-0.39, 0.29) is 11.9 Å². The van der Waals surface area contributed by atoms with Crippen molar-refractivity contribution < 1.29 is 9.59 Å². The second-order valence-corrected chi connectivity index (χ2v) is 3.74. The van der Waals surface area contributed by atoms with Gasteiger partial charge in [0, 0.05) is 6.04 Å². The van der Waals surface area contributed by atoms with Gasteiger partial charge in [0.05, 0.1) is 6.07 Å². The number of hydrogen-bond donors (Lipinski definition) is 2. The summed E-state index contributed by atoms with van der Waals surface area (Å²) in [6.07, 6.45) is 0. The van der Waals surface area contributed by atoms with Crippen LogP contribution in [0.2, 0.25) is 0 Å². The predicted molar refractivity (Wildman–Crippen MR) is 55.7 cm³/mol. The number of nitrogens with one attached hydrogen (secondary N) is 2. The maximum Gasteiger partial charge on any atom is 0.242 e. The Kier molecular flexibility index (Phi) is 5.39. The van der Waals surface area contributed by atoms with E-state index in [4.69, 9.17) is 5.26 Å². The van der Waals surface area contributed by atoms with Crippen molar-refractivity contribution in [2.24, 2.45) is 5.92 Å². The lowest BCUT2D eigenvalue weighted by molar-refractivity contribution is -0.129. The first-order valence-corrected chi connectivity index (χ1v) is 4.88. The monoisotopic (exact) mass is 211 g/mol. The van der Waals surface area contributed by atoms with Gasteiger partial charge in [-0.05, 0) is 27.7 Å². The Morgan fingerprint density at radius 3 is 2.00 bits per heavy atom. The van der Waals surface area contributed by atoms with E-state index in [0.717, 1.165) is 0 Å². The average molecular weight is 211 g/mol. The first kappa shape index (κ1) is 13.4. The molecule has 0 saturated heterocycles. The Labute approximate surface area is 89.8 Å². The van der Waals surface area contributed by atoms with Gasteiger partial charge in [0.15, 0.2) is 0 Å². The second-order valence-electron chi connectivity index (χ2n) is 3.74. The van der Waals surface area contributed by atoms with Crippen LogP contribution in [-0.2, 0) is 9.59 Å². The molecule has 84 valence electrons. The van der Waals surface area contributed by atoms with Crippen molar-refractivity contribution in [2.45, 2.75) is 39.8 Å². The molecule has 5 nitrogen and oxygen atoms in total. The summed E-state index contributed by atoms with van der Waals surface area (Å²) in [6, 6.07) is 1.22. The first-order chi connectivity index (χ1) is 6.88. The summed E-state index contributed by atoms with van der Waals surface area (Å²) < 4.78 is 0. The van der Waals surface area contributed by atoms with Crippen LogP contribution in [0.3, 0.4) is 0 Å². The van der Waals surface area contributed by atoms with Gasteiger partial charge in [-0.25, -0.2) is 0 Å². The van der Waals surface area contributed by atoms with E-state index in [1.807, 2.05) is 13.8 Å². The van der Waals surface area contributed by atoms with Crippen LogP contribution in [-0.4, -0.2) is 23.9 Å². The minimum atomic E-state index is -0.737. The van der Waals surface area contributed by atoms with Crippen molar-refractivity contribution in [1.29, 1.82) is 5.26 Å². The van der Waals surface area contributed by atoms with Crippen LogP contribution in [0.5, 0.6) is 0 Å². The molecule has 2 N–H and O–H groups in total. The molecule has 0 aromatic rings. The molecule has 0 heterocycles. The molecule has 0 bridgehead atoms. The number of carbonyl (C=O) groups excluding carboxylic acids is 2. The summed E-state index contributed by atoms with van der Waals surface area (Å²) in [5.74, 6) is -1.41. The molecule has 2 unspecified atom stereocenters. The highest BCUT2D eigenvalue weighted by Gasteiger charge is 2.19. The van der Waals surface area contributed by atoms with Crippen LogP contribution in [0.25, 0.3) is 0 Å². The summed E-state index contributed by atoms with van der Waals surface area (Å²) in [4.78, 5) is 22.7. The fourth-order valence-electron chi connectivity index (χ4n) is 0.872. The number of hydrogen-bond acceptors (Lipinski definition) is 3. The first-order valence-electron chi connectivity index (χ1n) is 4.88. The van der Waals surface area contributed by atoms with E-state index in [0.29, 0.717) is 0 Å². The third kappa shape index (κ3) is 5.01. The Balaban J connectivity index is 4.14. The van der Waals surface area contributed by atoms with Crippen LogP contribution in [0.4, 0.5) is 0 Å². The van der Waals surface area contributed by atoms with Gasteiger partial charge in [-0.2, -0.15) is 5.26 Å². The molecule has 0 saturated carbocycles. The summed E-state index contributed by atoms with van der Waals surface area (Å²) in [5, 5.41) is 13.6. The summed E-state index contributed by atoms with van der Waals surface area (Å²) in [7, 11) is 0. The van der Waals surface area contributed by atoms with Gasteiger partial charge in [-0.1, -0.05) is 0 Å². The highest BCUT2D eigenvalue weighted by molar-refractivity contribution is 5.88. The Hall–Kier alpha value is -1.57. The molecule has 0 aliphatic carbocycles. The molecular formula is C10H17N3O2. The van der Waals surface area contributed by atoms with E-state index in [1.165, 1.54) is 6.92 Å². The zero-order chi connectivity index (χ0) is 12.0. The van der Waals surface area contributed by atoms with Gasteiger partial charge in [0.1, 0.15) is 12.0 Å². The quantitative estimate of drug-likeness (QED) is 0.695. The average Bonchev–Trinajstić information content (AvgIpc) is 2.15. The molecule has 0 aromatic carbocycles. The van der Waals surface area contributed by atoms with Gasteiger partial charge >= 0.3 is 0 Å². The molecule has 15 heavy (non-hydrogen) atoms. The zero-order valence-corrected chi connectivity index (χ0v) is 9.50. The zero-order valence-electron chi connectivity index (χ0n) is 9.50. The maximum absolute atomic E-state index is 11.4. The Bertz CT molecular complexity index is 281. The Morgan fingerprint density at radius 2 is 1.60 bits per heavy atom. The fraction of sp³-hybridized carbons (Fsp3) is 0.700. The molecule has 0 spiro atoms. The van der Waals surface area contributed by atoms with Crippen LogP contribution < -0.4 is 10.6 Å². The minimum Gasteiger partial charge on any atom is -0.352 e. The summed E-state index contributed by atoms with van der Waals surface area (Å²) >= 11 is 0. The van der Waals surface area contributed by atoms with E-state index in [2.05, 4.69) is 10.6 Å². The highest BCUT2D eigenvalue weighted by atomic mass is 16.2. The van der Waals surface area contributed by atoms with Crippen LogP contribution >= 0.6 is 0 Å². The number of rotatable bonds is 4. The molecule has 0 aliphatic heterocycles. The van der Waals surface area contributed by atoms with Crippen LogP contribution in [0, 0.1) is 17.2 Å². The molecule has 0 aliphatic rings. The molecule has 0 aromatic heterocycles. The summed E-state index contributed by atoms with van der Waals surface area (Å²) in [5.41, 5.74) is 0. The topological polar surface area (TPSA) is 82.0 Å². The van der Waals surface area contributed by atoms with Crippen molar-refractivity contribution in [3.63, 3.8) is 0 Å². The van der Waals surface area contributed by atoms with E-state index in [9.17, 15) is 9.59 Å². The summed E-state index contributed by atoms with van der Waals surface area (Å²) in [6.45, 7) is 6.75. The van der Waals surface area contributed by atoms with Gasteiger partial charge in [0.25, 0.3) is 0 Å². The van der Waals surface area contributed by atoms with Gasteiger partial charge in [0.2, 0.25) is 11.8 Å². The third-order valence-electron chi connectivity index (χ3n) is 1.77. The number of amides is 2. The lowest BCUT2D eigenvalue weighted by Crippen LogP contribution is -2.47. The maximum atomic E-state index is 11.4. The molecule has 2 atom stereocenters. The third-order valence-corrected chi connectivity index (χ3v) is 1.77. The molecule has 5 heteroatoms. The predicted octanol–water partition coefficient (Wildman–Crippen LogP) is 0.175. The molecule has 0 fully saturated rings.